The van der Waals surface area contributed by atoms with Crippen LogP contribution in [0.1, 0.15) is 11.1 Å². The predicted molar refractivity (Wildman–Crippen MR) is 64.7 cm³/mol. The molecule has 1 atom stereocenters. The zero-order chi connectivity index (χ0) is 12.1. The average Bonchev–Trinajstić information content (AvgIpc) is 2.16. The number of nitrogens with two attached hydrogens (primary N) is 1. The zero-order valence-corrected chi connectivity index (χ0v) is 10.0. The first-order valence-corrected chi connectivity index (χ1v) is 5.28. The Hall–Kier alpha value is -1.39. The molecule has 0 aromatic heterocycles. The number of hydrogen-bond acceptors (Lipinski definition) is 3. The molecule has 0 saturated heterocycles. The minimum absolute atomic E-state index is 0.161. The van der Waals surface area contributed by atoms with E-state index in [-0.39, 0.29) is 5.91 Å². The molecule has 88 valence electrons. The van der Waals surface area contributed by atoms with E-state index in [1.54, 1.807) is 19.1 Å². The minimum Gasteiger partial charge on any atom is -0.320 e. The van der Waals surface area contributed by atoms with E-state index in [9.17, 15) is 4.79 Å². The third kappa shape index (κ3) is 4.00. The Morgan fingerprint density at radius 2 is 2.19 bits per heavy atom. The molecule has 0 radical (unpaired) electrons. The first-order chi connectivity index (χ1) is 7.49. The first kappa shape index (κ1) is 12.7. The van der Waals surface area contributed by atoms with Crippen LogP contribution in [0.15, 0.2) is 24.3 Å². The van der Waals surface area contributed by atoms with Gasteiger partial charge in [-0.15, -0.1) is 0 Å². The van der Waals surface area contributed by atoms with Gasteiger partial charge in [-0.05, 0) is 18.9 Å². The summed E-state index contributed by atoms with van der Waals surface area (Å²) >= 11 is 0. The highest BCUT2D eigenvalue weighted by atomic mass is 16.2. The van der Waals surface area contributed by atoms with E-state index in [1.807, 2.05) is 31.2 Å². The number of carbonyl (C=O) groups excluding carboxylic acids is 1. The van der Waals surface area contributed by atoms with Crippen molar-refractivity contribution in [2.75, 3.05) is 14.1 Å². The molecule has 0 heterocycles. The maximum Gasteiger partial charge on any atom is 0.251 e. The first-order valence-electron chi connectivity index (χ1n) is 5.28. The largest absolute Gasteiger partial charge is 0.320 e. The molecule has 1 rings (SSSR count). The van der Waals surface area contributed by atoms with Crippen molar-refractivity contribution in [3.63, 3.8) is 0 Å². The van der Waals surface area contributed by atoms with E-state index in [2.05, 4.69) is 5.43 Å². The van der Waals surface area contributed by atoms with Gasteiger partial charge in [-0.1, -0.05) is 29.8 Å². The molecule has 1 unspecified atom stereocenters. The molecular weight excluding hydrogens is 202 g/mol. The van der Waals surface area contributed by atoms with Crippen molar-refractivity contribution < 1.29 is 4.79 Å². The van der Waals surface area contributed by atoms with Crippen LogP contribution < -0.4 is 11.2 Å². The topological polar surface area (TPSA) is 58.4 Å². The van der Waals surface area contributed by atoms with E-state index >= 15 is 0 Å². The van der Waals surface area contributed by atoms with E-state index in [1.165, 1.54) is 5.56 Å². The molecule has 1 amide bonds. The van der Waals surface area contributed by atoms with Gasteiger partial charge in [-0.3, -0.25) is 10.2 Å². The Morgan fingerprint density at radius 3 is 2.75 bits per heavy atom. The molecular formula is C12H19N3O. The quantitative estimate of drug-likeness (QED) is 0.726. The summed E-state index contributed by atoms with van der Waals surface area (Å²) in [4.78, 5) is 11.6. The lowest BCUT2D eigenvalue weighted by Gasteiger charge is -2.16. The van der Waals surface area contributed by atoms with Crippen LogP contribution in [-0.4, -0.2) is 31.1 Å². The predicted octanol–water partition coefficient (Wildman–Crippen LogP) is 0.458. The van der Waals surface area contributed by atoms with Gasteiger partial charge < -0.3 is 5.73 Å². The van der Waals surface area contributed by atoms with Gasteiger partial charge in [-0.2, -0.15) is 0 Å². The maximum absolute atomic E-state index is 11.6. The van der Waals surface area contributed by atoms with Crippen LogP contribution in [-0.2, 0) is 11.2 Å². The van der Waals surface area contributed by atoms with E-state index in [4.69, 9.17) is 5.73 Å². The summed E-state index contributed by atoms with van der Waals surface area (Å²) in [6, 6.07) is 7.51. The van der Waals surface area contributed by atoms with Gasteiger partial charge in [-0.25, -0.2) is 5.01 Å². The van der Waals surface area contributed by atoms with Crippen LogP contribution in [0, 0.1) is 6.92 Å². The van der Waals surface area contributed by atoms with E-state index in [0.29, 0.717) is 6.42 Å². The molecule has 4 nitrogen and oxygen atoms in total. The van der Waals surface area contributed by atoms with Crippen molar-refractivity contribution in [3.8, 4) is 0 Å². The molecule has 16 heavy (non-hydrogen) atoms. The molecule has 3 N–H and O–H groups in total. The molecule has 0 saturated carbocycles. The highest BCUT2D eigenvalue weighted by Gasteiger charge is 2.14. The van der Waals surface area contributed by atoms with Gasteiger partial charge in [0.25, 0.3) is 5.91 Å². The van der Waals surface area contributed by atoms with Gasteiger partial charge in [0.15, 0.2) is 0 Å². The third-order valence-electron chi connectivity index (χ3n) is 2.21. The lowest BCUT2D eigenvalue weighted by atomic mass is 10.0. The fraction of sp³-hybridized carbons (Fsp3) is 0.417. The summed E-state index contributed by atoms with van der Waals surface area (Å²) in [5.41, 5.74) is 10.7. The van der Waals surface area contributed by atoms with E-state index in [0.717, 1.165) is 5.56 Å². The Bertz CT molecular complexity index is 363. The second-order valence-corrected chi connectivity index (χ2v) is 4.17. The van der Waals surface area contributed by atoms with Crippen molar-refractivity contribution >= 4 is 5.91 Å². The summed E-state index contributed by atoms with van der Waals surface area (Å²) in [5.74, 6) is -0.161. The zero-order valence-electron chi connectivity index (χ0n) is 10.0. The molecule has 0 fully saturated rings. The number of rotatable bonds is 4. The number of amides is 1. The summed E-state index contributed by atoms with van der Waals surface area (Å²) in [7, 11) is 3.52. The molecule has 0 spiro atoms. The molecule has 0 bridgehead atoms. The minimum atomic E-state index is -0.510. The fourth-order valence-electron chi connectivity index (χ4n) is 1.49. The fourth-order valence-corrected chi connectivity index (χ4v) is 1.49. The second-order valence-electron chi connectivity index (χ2n) is 4.17. The van der Waals surface area contributed by atoms with Crippen molar-refractivity contribution in [1.29, 1.82) is 0 Å². The van der Waals surface area contributed by atoms with Crippen molar-refractivity contribution in [2.45, 2.75) is 19.4 Å². The Labute approximate surface area is 96.4 Å². The third-order valence-corrected chi connectivity index (χ3v) is 2.21. The number of hydrogen-bond donors (Lipinski definition) is 2. The standard InChI is InChI=1S/C12H19N3O/c1-9-5-4-6-10(7-9)8-11(13)12(16)14-15(2)3/h4-7,11H,8,13H2,1-3H3,(H,14,16). The Kier molecular flexibility index (Phi) is 4.46. The van der Waals surface area contributed by atoms with Crippen molar-refractivity contribution in [3.05, 3.63) is 35.4 Å². The smallest absolute Gasteiger partial charge is 0.251 e. The number of carbonyl (C=O) groups is 1. The van der Waals surface area contributed by atoms with Gasteiger partial charge in [0.05, 0.1) is 6.04 Å². The van der Waals surface area contributed by atoms with Crippen LogP contribution in [0.4, 0.5) is 0 Å². The number of hydrazine groups is 1. The van der Waals surface area contributed by atoms with Gasteiger partial charge in [0.2, 0.25) is 0 Å². The molecule has 1 aromatic rings. The Balaban J connectivity index is 2.57. The Morgan fingerprint density at radius 1 is 1.50 bits per heavy atom. The number of benzene rings is 1. The van der Waals surface area contributed by atoms with Crippen LogP contribution in [0.25, 0.3) is 0 Å². The van der Waals surface area contributed by atoms with Gasteiger partial charge in [0, 0.05) is 14.1 Å². The SMILES string of the molecule is Cc1cccc(CC(N)C(=O)NN(C)C)c1. The van der Waals surface area contributed by atoms with Gasteiger partial charge in [0.1, 0.15) is 0 Å². The molecule has 4 heteroatoms. The summed E-state index contributed by atoms with van der Waals surface area (Å²) in [5, 5.41) is 1.60. The van der Waals surface area contributed by atoms with Crippen molar-refractivity contribution in [1.82, 2.24) is 10.4 Å². The van der Waals surface area contributed by atoms with Crippen LogP contribution in [0.3, 0.4) is 0 Å². The number of nitrogens with one attached hydrogen (secondary N) is 1. The molecule has 0 aliphatic carbocycles. The number of aryl methyl sites for hydroxylation is 1. The molecule has 0 aliphatic rings. The van der Waals surface area contributed by atoms with E-state index < -0.39 is 6.04 Å². The maximum atomic E-state index is 11.6. The van der Waals surface area contributed by atoms with Gasteiger partial charge >= 0.3 is 0 Å². The lowest BCUT2D eigenvalue weighted by Crippen LogP contribution is -2.47. The average molecular weight is 221 g/mol. The summed E-state index contributed by atoms with van der Waals surface area (Å²) < 4.78 is 0. The molecule has 1 aromatic carbocycles. The molecule has 0 aliphatic heterocycles. The summed E-state index contributed by atoms with van der Waals surface area (Å²) in [6.45, 7) is 2.02. The van der Waals surface area contributed by atoms with Crippen LogP contribution >= 0.6 is 0 Å². The second kappa shape index (κ2) is 5.63. The highest BCUT2D eigenvalue weighted by molar-refractivity contribution is 5.81. The highest BCUT2D eigenvalue weighted by Crippen LogP contribution is 2.06. The number of nitrogens with zero attached hydrogens (tertiary/aromatic N) is 1. The van der Waals surface area contributed by atoms with Crippen LogP contribution in [0.5, 0.6) is 0 Å². The summed E-state index contributed by atoms with van der Waals surface area (Å²) in [6.07, 6.45) is 0.557. The monoisotopic (exact) mass is 221 g/mol. The van der Waals surface area contributed by atoms with Crippen LogP contribution in [0.2, 0.25) is 0 Å². The normalized spacial score (nSPS) is 12.6. The lowest BCUT2D eigenvalue weighted by molar-refractivity contribution is -0.126. The van der Waals surface area contributed by atoms with Crippen molar-refractivity contribution in [2.24, 2.45) is 5.73 Å².